The lowest BCUT2D eigenvalue weighted by Gasteiger charge is -2.34. The largest absolute Gasteiger partial charge is 0.369 e. The first-order chi connectivity index (χ1) is 11.5. The minimum absolute atomic E-state index is 0.230. The van der Waals surface area contributed by atoms with Crippen LogP contribution in [0, 0.1) is 9.39 Å². The molecular weight excluding hydrogens is 420 g/mol. The Bertz CT molecular complexity index is 728. The van der Waals surface area contributed by atoms with Gasteiger partial charge < -0.3 is 15.1 Å². The van der Waals surface area contributed by atoms with Crippen molar-refractivity contribution < 1.29 is 9.18 Å². The molecule has 0 spiro atoms. The number of likely N-dealkylation sites (N-methyl/N-ethyl adjacent to an activating group) is 1. The predicted molar refractivity (Wildman–Crippen MR) is 103 cm³/mol. The topological polar surface area (TPSA) is 35.6 Å². The highest BCUT2D eigenvalue weighted by Gasteiger charge is 2.15. The van der Waals surface area contributed by atoms with Gasteiger partial charge in [-0.15, -0.1) is 0 Å². The van der Waals surface area contributed by atoms with Crippen molar-refractivity contribution in [2.75, 3.05) is 43.4 Å². The van der Waals surface area contributed by atoms with Gasteiger partial charge in [0.15, 0.2) is 0 Å². The van der Waals surface area contributed by atoms with Crippen LogP contribution in [0.4, 0.5) is 15.8 Å². The van der Waals surface area contributed by atoms with Crippen LogP contribution in [0.25, 0.3) is 0 Å². The van der Waals surface area contributed by atoms with E-state index in [-0.39, 0.29) is 11.7 Å². The summed E-state index contributed by atoms with van der Waals surface area (Å²) in [5.41, 5.74) is 2.37. The first-order valence-corrected chi connectivity index (χ1v) is 8.91. The van der Waals surface area contributed by atoms with Crippen molar-refractivity contribution >= 4 is 39.9 Å². The standard InChI is InChI=1S/C18H19FIN3O/c1-22-8-10-23(11-9-22)15-5-3-14(4-6-15)21-18(24)16-7-2-13(19)12-17(16)20/h2-7,12H,8-11H2,1H3,(H,21,24). The normalized spacial score (nSPS) is 15.4. The second-order valence-corrected chi connectivity index (χ2v) is 7.08. The molecule has 1 aliphatic rings. The Morgan fingerprint density at radius 2 is 1.75 bits per heavy atom. The Kier molecular flexibility index (Phi) is 5.35. The average Bonchev–Trinajstić information content (AvgIpc) is 2.56. The second kappa shape index (κ2) is 7.48. The minimum Gasteiger partial charge on any atom is -0.369 e. The van der Waals surface area contributed by atoms with E-state index in [0.29, 0.717) is 9.13 Å². The number of carbonyl (C=O) groups is 1. The van der Waals surface area contributed by atoms with Crippen LogP contribution >= 0.6 is 22.6 Å². The van der Waals surface area contributed by atoms with Gasteiger partial charge in [0, 0.05) is 41.1 Å². The van der Waals surface area contributed by atoms with Crippen molar-refractivity contribution in [3.63, 3.8) is 0 Å². The second-order valence-electron chi connectivity index (χ2n) is 5.92. The number of amides is 1. The summed E-state index contributed by atoms with van der Waals surface area (Å²) in [4.78, 5) is 17.0. The average molecular weight is 439 g/mol. The number of rotatable bonds is 3. The van der Waals surface area contributed by atoms with Crippen molar-refractivity contribution in [3.05, 3.63) is 57.4 Å². The van der Waals surface area contributed by atoms with Gasteiger partial charge in [-0.05, 0) is 72.1 Å². The summed E-state index contributed by atoms with van der Waals surface area (Å²) in [5.74, 6) is -0.570. The Hall–Kier alpha value is -1.67. The number of nitrogens with zero attached hydrogens (tertiary/aromatic N) is 2. The number of benzene rings is 2. The van der Waals surface area contributed by atoms with Crippen molar-refractivity contribution in [2.24, 2.45) is 0 Å². The molecule has 24 heavy (non-hydrogen) atoms. The van der Waals surface area contributed by atoms with E-state index in [0.717, 1.165) is 37.6 Å². The molecule has 0 atom stereocenters. The summed E-state index contributed by atoms with van der Waals surface area (Å²) in [6, 6.07) is 12.0. The van der Waals surface area contributed by atoms with Crippen LogP contribution in [0.3, 0.4) is 0 Å². The van der Waals surface area contributed by atoms with E-state index in [2.05, 4.69) is 22.2 Å². The van der Waals surface area contributed by atoms with Crippen molar-refractivity contribution in [3.8, 4) is 0 Å². The highest BCUT2D eigenvalue weighted by molar-refractivity contribution is 14.1. The number of hydrogen-bond acceptors (Lipinski definition) is 3. The fraction of sp³-hybridized carbons (Fsp3) is 0.278. The summed E-state index contributed by atoms with van der Waals surface area (Å²) in [7, 11) is 2.13. The Balaban J connectivity index is 1.66. The smallest absolute Gasteiger partial charge is 0.256 e. The summed E-state index contributed by atoms with van der Waals surface area (Å²) >= 11 is 1.97. The highest BCUT2D eigenvalue weighted by Crippen LogP contribution is 2.21. The van der Waals surface area contributed by atoms with Gasteiger partial charge in [0.05, 0.1) is 5.56 Å². The summed E-state index contributed by atoms with van der Waals surface area (Å²) in [5, 5.41) is 2.86. The summed E-state index contributed by atoms with van der Waals surface area (Å²) in [6.45, 7) is 4.13. The third kappa shape index (κ3) is 4.05. The van der Waals surface area contributed by atoms with E-state index in [1.807, 2.05) is 46.9 Å². The zero-order chi connectivity index (χ0) is 17.1. The van der Waals surface area contributed by atoms with Gasteiger partial charge >= 0.3 is 0 Å². The van der Waals surface area contributed by atoms with Gasteiger partial charge in [-0.2, -0.15) is 0 Å². The molecule has 1 aliphatic heterocycles. The molecule has 1 fully saturated rings. The van der Waals surface area contributed by atoms with E-state index in [9.17, 15) is 9.18 Å². The molecule has 2 aromatic carbocycles. The van der Waals surface area contributed by atoms with Crippen molar-refractivity contribution in [1.82, 2.24) is 4.90 Å². The van der Waals surface area contributed by atoms with Crippen LogP contribution in [-0.2, 0) is 0 Å². The van der Waals surface area contributed by atoms with E-state index >= 15 is 0 Å². The van der Waals surface area contributed by atoms with Crippen LogP contribution < -0.4 is 10.2 Å². The monoisotopic (exact) mass is 439 g/mol. The van der Waals surface area contributed by atoms with Gasteiger partial charge in [-0.25, -0.2) is 4.39 Å². The molecule has 1 saturated heterocycles. The molecule has 2 aromatic rings. The van der Waals surface area contributed by atoms with Gasteiger partial charge in [-0.1, -0.05) is 0 Å². The van der Waals surface area contributed by atoms with Crippen molar-refractivity contribution in [2.45, 2.75) is 0 Å². The van der Waals surface area contributed by atoms with Gasteiger partial charge in [0.2, 0.25) is 0 Å². The maximum atomic E-state index is 13.1. The quantitative estimate of drug-likeness (QED) is 0.745. The molecule has 3 rings (SSSR count). The minimum atomic E-state index is -0.340. The fourth-order valence-corrected chi connectivity index (χ4v) is 3.41. The van der Waals surface area contributed by atoms with Crippen LogP contribution in [0.5, 0.6) is 0 Å². The van der Waals surface area contributed by atoms with Crippen molar-refractivity contribution in [1.29, 1.82) is 0 Å². The number of carbonyl (C=O) groups excluding carboxylic acids is 1. The van der Waals surface area contributed by atoms with Gasteiger partial charge in [0.1, 0.15) is 5.82 Å². The number of hydrogen-bond donors (Lipinski definition) is 1. The highest BCUT2D eigenvalue weighted by atomic mass is 127. The zero-order valence-electron chi connectivity index (χ0n) is 13.4. The third-order valence-corrected chi connectivity index (χ3v) is 5.06. The molecule has 0 bridgehead atoms. The molecule has 1 heterocycles. The van der Waals surface area contributed by atoms with Crippen LogP contribution in [-0.4, -0.2) is 44.0 Å². The van der Waals surface area contributed by atoms with Gasteiger partial charge in [0.25, 0.3) is 5.91 Å². The van der Waals surface area contributed by atoms with Crippen LogP contribution in [0.15, 0.2) is 42.5 Å². The van der Waals surface area contributed by atoms with E-state index in [4.69, 9.17) is 0 Å². The van der Waals surface area contributed by atoms with E-state index in [1.54, 1.807) is 0 Å². The molecule has 6 heteroatoms. The molecular formula is C18H19FIN3O. The molecule has 1 N–H and O–H groups in total. The number of halogens is 2. The molecule has 0 aliphatic carbocycles. The lowest BCUT2D eigenvalue weighted by atomic mass is 10.2. The summed E-state index contributed by atoms with van der Waals surface area (Å²) in [6.07, 6.45) is 0. The maximum absolute atomic E-state index is 13.1. The molecule has 4 nitrogen and oxygen atoms in total. The first kappa shape index (κ1) is 17.2. The van der Waals surface area contributed by atoms with E-state index in [1.165, 1.54) is 18.2 Å². The Labute approximate surface area is 154 Å². The third-order valence-electron chi connectivity index (χ3n) is 4.17. The SMILES string of the molecule is CN1CCN(c2ccc(NC(=O)c3ccc(F)cc3I)cc2)CC1. The lowest BCUT2D eigenvalue weighted by molar-refractivity contribution is 0.102. The van der Waals surface area contributed by atoms with Crippen LogP contribution in [0.2, 0.25) is 0 Å². The zero-order valence-corrected chi connectivity index (χ0v) is 15.6. The summed E-state index contributed by atoms with van der Waals surface area (Å²) < 4.78 is 13.7. The number of nitrogens with one attached hydrogen (secondary N) is 1. The Morgan fingerprint density at radius 3 is 2.38 bits per heavy atom. The molecule has 0 saturated carbocycles. The molecule has 126 valence electrons. The Morgan fingerprint density at radius 1 is 1.08 bits per heavy atom. The lowest BCUT2D eigenvalue weighted by Crippen LogP contribution is -2.44. The predicted octanol–water partition coefficient (Wildman–Crippen LogP) is 3.43. The van der Waals surface area contributed by atoms with E-state index < -0.39 is 0 Å². The molecule has 0 aromatic heterocycles. The van der Waals surface area contributed by atoms with Gasteiger partial charge in [-0.3, -0.25) is 4.79 Å². The fourth-order valence-electron chi connectivity index (χ4n) is 2.69. The number of piperazine rings is 1. The van der Waals surface area contributed by atoms with Crippen LogP contribution in [0.1, 0.15) is 10.4 Å². The molecule has 1 amide bonds. The molecule has 0 unspecified atom stereocenters. The maximum Gasteiger partial charge on any atom is 0.256 e. The first-order valence-electron chi connectivity index (χ1n) is 7.83. The number of anilines is 2. The molecule has 0 radical (unpaired) electrons.